The van der Waals surface area contributed by atoms with Gasteiger partial charge in [0.25, 0.3) is 0 Å². The van der Waals surface area contributed by atoms with E-state index in [1.807, 2.05) is 12.3 Å². The molecule has 0 bridgehead atoms. The molecule has 0 unspecified atom stereocenters. The lowest BCUT2D eigenvalue weighted by Crippen LogP contribution is -2.38. The van der Waals surface area contributed by atoms with Gasteiger partial charge < -0.3 is 5.73 Å². The average molecular weight is 226 g/mol. The molecule has 0 atom stereocenters. The molecule has 1 saturated carbocycles. The molecule has 0 radical (unpaired) electrons. The minimum absolute atomic E-state index is 0.0180. The molecule has 1 fully saturated rings. The first kappa shape index (κ1) is 10.7. The Kier molecular flexibility index (Phi) is 2.60. The molecule has 1 aromatic carbocycles. The third-order valence-corrected chi connectivity index (χ3v) is 3.88. The van der Waals surface area contributed by atoms with Crippen LogP contribution in [0.2, 0.25) is 0 Å². The maximum absolute atomic E-state index is 6.46. The number of hydrogen-bond donors (Lipinski definition) is 1. The van der Waals surface area contributed by atoms with Crippen molar-refractivity contribution in [2.75, 3.05) is 0 Å². The third-order valence-electron chi connectivity index (χ3n) is 3.88. The van der Waals surface area contributed by atoms with Crippen molar-refractivity contribution >= 4 is 10.9 Å². The van der Waals surface area contributed by atoms with Crippen LogP contribution in [0.25, 0.3) is 10.9 Å². The second kappa shape index (κ2) is 4.11. The topological polar surface area (TPSA) is 38.9 Å². The summed E-state index contributed by atoms with van der Waals surface area (Å²) in [5.41, 5.74) is 8.90. The Morgan fingerprint density at radius 2 is 1.88 bits per heavy atom. The standard InChI is InChI=1S/C15H18N2/c16-15(8-3-4-9-15)11-12-7-10-17-14-6-2-1-5-13(12)14/h1-2,5-7,10H,3-4,8-9,11,16H2. The molecule has 1 heterocycles. The first-order chi connectivity index (χ1) is 8.27. The maximum Gasteiger partial charge on any atom is 0.0704 e. The van der Waals surface area contributed by atoms with E-state index >= 15 is 0 Å². The molecule has 0 aliphatic heterocycles. The highest BCUT2D eigenvalue weighted by molar-refractivity contribution is 5.81. The van der Waals surface area contributed by atoms with E-state index in [-0.39, 0.29) is 5.54 Å². The number of para-hydroxylation sites is 1. The largest absolute Gasteiger partial charge is 0.325 e. The number of rotatable bonds is 2. The molecule has 88 valence electrons. The minimum atomic E-state index is 0.0180. The van der Waals surface area contributed by atoms with E-state index in [2.05, 4.69) is 29.2 Å². The smallest absolute Gasteiger partial charge is 0.0704 e. The summed E-state index contributed by atoms with van der Waals surface area (Å²) in [6.45, 7) is 0. The van der Waals surface area contributed by atoms with E-state index in [4.69, 9.17) is 5.73 Å². The fourth-order valence-electron chi connectivity index (χ4n) is 2.94. The summed E-state index contributed by atoms with van der Waals surface area (Å²) in [6, 6.07) is 10.4. The van der Waals surface area contributed by atoms with Gasteiger partial charge in [-0.2, -0.15) is 0 Å². The summed E-state index contributed by atoms with van der Waals surface area (Å²) in [5, 5.41) is 1.26. The number of fused-ring (bicyclic) bond motifs is 1. The van der Waals surface area contributed by atoms with Crippen LogP contribution < -0.4 is 5.73 Å². The highest BCUT2D eigenvalue weighted by atomic mass is 14.7. The van der Waals surface area contributed by atoms with Crippen LogP contribution in [-0.2, 0) is 6.42 Å². The van der Waals surface area contributed by atoms with E-state index < -0.39 is 0 Å². The van der Waals surface area contributed by atoms with Crippen molar-refractivity contribution in [2.24, 2.45) is 5.73 Å². The molecular weight excluding hydrogens is 208 g/mol. The average Bonchev–Trinajstić information content (AvgIpc) is 2.76. The van der Waals surface area contributed by atoms with Gasteiger partial charge in [0.15, 0.2) is 0 Å². The summed E-state index contributed by atoms with van der Waals surface area (Å²) in [4.78, 5) is 4.40. The fraction of sp³-hybridized carbons (Fsp3) is 0.400. The van der Waals surface area contributed by atoms with Gasteiger partial charge in [0.1, 0.15) is 0 Å². The number of benzene rings is 1. The summed E-state index contributed by atoms with van der Waals surface area (Å²) in [5.74, 6) is 0. The van der Waals surface area contributed by atoms with Crippen molar-refractivity contribution in [3.05, 3.63) is 42.1 Å². The quantitative estimate of drug-likeness (QED) is 0.854. The number of nitrogens with zero attached hydrogens (tertiary/aromatic N) is 1. The monoisotopic (exact) mass is 226 g/mol. The zero-order valence-electron chi connectivity index (χ0n) is 10.0. The Bertz CT molecular complexity index is 522. The summed E-state index contributed by atoms with van der Waals surface area (Å²) < 4.78 is 0. The lowest BCUT2D eigenvalue weighted by atomic mass is 9.89. The van der Waals surface area contributed by atoms with E-state index in [0.717, 1.165) is 24.8 Å². The molecule has 0 spiro atoms. The number of pyridine rings is 1. The van der Waals surface area contributed by atoms with Gasteiger partial charge in [-0.15, -0.1) is 0 Å². The van der Waals surface area contributed by atoms with E-state index in [9.17, 15) is 0 Å². The molecule has 2 heteroatoms. The van der Waals surface area contributed by atoms with Gasteiger partial charge in [-0.1, -0.05) is 31.0 Å². The minimum Gasteiger partial charge on any atom is -0.325 e. The van der Waals surface area contributed by atoms with Crippen LogP contribution >= 0.6 is 0 Å². The van der Waals surface area contributed by atoms with E-state index in [0.29, 0.717) is 0 Å². The fourth-order valence-corrected chi connectivity index (χ4v) is 2.94. The van der Waals surface area contributed by atoms with Crippen molar-refractivity contribution in [1.29, 1.82) is 0 Å². The highest BCUT2D eigenvalue weighted by Crippen LogP contribution is 2.32. The molecule has 2 aromatic rings. The lowest BCUT2D eigenvalue weighted by Gasteiger charge is -2.24. The number of hydrogen-bond acceptors (Lipinski definition) is 2. The Morgan fingerprint density at radius 3 is 2.71 bits per heavy atom. The molecule has 3 rings (SSSR count). The predicted molar refractivity (Wildman–Crippen MR) is 70.8 cm³/mol. The van der Waals surface area contributed by atoms with E-state index in [1.165, 1.54) is 23.8 Å². The van der Waals surface area contributed by atoms with Gasteiger partial charge in [0, 0.05) is 17.1 Å². The van der Waals surface area contributed by atoms with Crippen LogP contribution in [0.1, 0.15) is 31.2 Å². The first-order valence-electron chi connectivity index (χ1n) is 6.38. The van der Waals surface area contributed by atoms with Crippen LogP contribution in [0.4, 0.5) is 0 Å². The normalized spacial score (nSPS) is 18.6. The SMILES string of the molecule is NC1(Cc2ccnc3ccccc23)CCCC1. The van der Waals surface area contributed by atoms with E-state index in [1.54, 1.807) is 0 Å². The molecule has 0 amide bonds. The van der Waals surface area contributed by atoms with Crippen molar-refractivity contribution < 1.29 is 0 Å². The Hall–Kier alpha value is -1.41. The van der Waals surface area contributed by atoms with Crippen LogP contribution in [-0.4, -0.2) is 10.5 Å². The Labute approximate surface area is 102 Å². The van der Waals surface area contributed by atoms with Crippen molar-refractivity contribution in [3.8, 4) is 0 Å². The van der Waals surface area contributed by atoms with Crippen molar-refractivity contribution in [3.63, 3.8) is 0 Å². The van der Waals surface area contributed by atoms with Gasteiger partial charge in [-0.25, -0.2) is 0 Å². The van der Waals surface area contributed by atoms with Gasteiger partial charge in [-0.05, 0) is 37.0 Å². The van der Waals surface area contributed by atoms with Crippen LogP contribution in [0.3, 0.4) is 0 Å². The molecule has 1 aromatic heterocycles. The number of nitrogens with two attached hydrogens (primary N) is 1. The lowest BCUT2D eigenvalue weighted by molar-refractivity contribution is 0.437. The Balaban J connectivity index is 2.00. The predicted octanol–water partition coefficient (Wildman–Crippen LogP) is 3.05. The highest BCUT2D eigenvalue weighted by Gasteiger charge is 2.29. The van der Waals surface area contributed by atoms with Crippen LogP contribution in [0, 0.1) is 0 Å². The molecule has 0 saturated heterocycles. The summed E-state index contributed by atoms with van der Waals surface area (Å²) in [6.07, 6.45) is 7.75. The van der Waals surface area contributed by atoms with Crippen LogP contribution in [0.15, 0.2) is 36.5 Å². The van der Waals surface area contributed by atoms with Crippen LogP contribution in [0.5, 0.6) is 0 Å². The molecular formula is C15H18N2. The molecule has 1 aliphatic carbocycles. The van der Waals surface area contributed by atoms with Gasteiger partial charge >= 0.3 is 0 Å². The number of aromatic nitrogens is 1. The second-order valence-electron chi connectivity index (χ2n) is 5.23. The van der Waals surface area contributed by atoms with Gasteiger partial charge in [0.2, 0.25) is 0 Å². The van der Waals surface area contributed by atoms with Crippen molar-refractivity contribution in [2.45, 2.75) is 37.6 Å². The zero-order valence-corrected chi connectivity index (χ0v) is 10.0. The molecule has 1 aliphatic rings. The zero-order chi connectivity index (χ0) is 11.7. The molecule has 2 nitrogen and oxygen atoms in total. The first-order valence-corrected chi connectivity index (χ1v) is 6.38. The van der Waals surface area contributed by atoms with Gasteiger partial charge in [0.05, 0.1) is 5.52 Å². The van der Waals surface area contributed by atoms with Crippen molar-refractivity contribution in [1.82, 2.24) is 4.98 Å². The molecule has 17 heavy (non-hydrogen) atoms. The summed E-state index contributed by atoms with van der Waals surface area (Å²) >= 11 is 0. The van der Waals surface area contributed by atoms with Gasteiger partial charge in [-0.3, -0.25) is 4.98 Å². The maximum atomic E-state index is 6.46. The summed E-state index contributed by atoms with van der Waals surface area (Å²) in [7, 11) is 0. The Morgan fingerprint density at radius 1 is 1.12 bits per heavy atom. The molecule has 2 N–H and O–H groups in total. The third kappa shape index (κ3) is 2.05. The second-order valence-corrected chi connectivity index (χ2v) is 5.23.